The van der Waals surface area contributed by atoms with Crippen LogP contribution in [0.25, 0.3) is 0 Å². The topological polar surface area (TPSA) is 86.8 Å². The van der Waals surface area contributed by atoms with Crippen molar-refractivity contribution in [2.45, 2.75) is 19.4 Å². The van der Waals surface area contributed by atoms with Crippen LogP contribution in [0, 0.1) is 0 Å². The minimum atomic E-state index is -3.73. The first kappa shape index (κ1) is 23.9. The molecule has 9 heteroatoms. The Labute approximate surface area is 186 Å². The molecule has 2 aromatic carbocycles. The van der Waals surface area contributed by atoms with Gasteiger partial charge in [0.1, 0.15) is 12.6 Å². The Morgan fingerprint density at radius 3 is 2.23 bits per heavy atom. The first-order valence-corrected chi connectivity index (χ1v) is 12.1. The Balaban J connectivity index is 2.30. The number of halogens is 1. The molecule has 1 atom stereocenters. The van der Waals surface area contributed by atoms with E-state index in [0.717, 1.165) is 16.1 Å². The Morgan fingerprint density at radius 2 is 1.67 bits per heavy atom. The summed E-state index contributed by atoms with van der Waals surface area (Å²) in [6.45, 7) is 1.51. The van der Waals surface area contributed by atoms with Crippen molar-refractivity contribution in [3.8, 4) is 0 Å². The lowest BCUT2D eigenvalue weighted by atomic mass is 10.1. The fourth-order valence-corrected chi connectivity index (χ4v) is 4.51. The van der Waals surface area contributed by atoms with Crippen molar-refractivity contribution >= 4 is 43.5 Å². The molecule has 2 rings (SSSR count). The highest BCUT2D eigenvalue weighted by molar-refractivity contribution is 9.10. The van der Waals surface area contributed by atoms with Crippen molar-refractivity contribution < 1.29 is 18.0 Å². The summed E-state index contributed by atoms with van der Waals surface area (Å²) in [5, 5.41) is 2.55. The summed E-state index contributed by atoms with van der Waals surface area (Å²) in [6, 6.07) is 15.6. The third-order valence-corrected chi connectivity index (χ3v) is 6.50. The second-order valence-electron chi connectivity index (χ2n) is 6.83. The third-order valence-electron chi connectivity index (χ3n) is 4.70. The summed E-state index contributed by atoms with van der Waals surface area (Å²) in [7, 11) is -2.23. The molecular weight excluding hydrogens is 470 g/mol. The molecule has 0 aliphatic rings. The van der Waals surface area contributed by atoms with E-state index in [1.165, 1.54) is 11.9 Å². The van der Waals surface area contributed by atoms with E-state index in [2.05, 4.69) is 21.2 Å². The van der Waals surface area contributed by atoms with Crippen molar-refractivity contribution in [2.24, 2.45) is 0 Å². The van der Waals surface area contributed by atoms with Gasteiger partial charge in [-0.15, -0.1) is 0 Å². The van der Waals surface area contributed by atoms with Crippen LogP contribution < -0.4 is 9.62 Å². The summed E-state index contributed by atoms with van der Waals surface area (Å²) < 4.78 is 26.5. The summed E-state index contributed by atoms with van der Waals surface area (Å²) in [6.07, 6.45) is 1.60. The van der Waals surface area contributed by atoms with Gasteiger partial charge in [0.2, 0.25) is 21.8 Å². The van der Waals surface area contributed by atoms with Crippen LogP contribution >= 0.6 is 15.9 Å². The van der Waals surface area contributed by atoms with Gasteiger partial charge in [0.25, 0.3) is 0 Å². The lowest BCUT2D eigenvalue weighted by Gasteiger charge is -2.31. The second kappa shape index (κ2) is 10.6. The maximum absolute atomic E-state index is 13.2. The molecular formula is C21H26BrN3O4S. The Hall–Kier alpha value is -2.39. The predicted molar refractivity (Wildman–Crippen MR) is 122 cm³/mol. The van der Waals surface area contributed by atoms with E-state index in [4.69, 9.17) is 0 Å². The molecule has 0 aliphatic carbocycles. The van der Waals surface area contributed by atoms with Crippen molar-refractivity contribution in [3.05, 3.63) is 64.6 Å². The van der Waals surface area contributed by atoms with Crippen LogP contribution in [-0.2, 0) is 26.0 Å². The smallest absolute Gasteiger partial charge is 0.244 e. The van der Waals surface area contributed by atoms with Crippen LogP contribution in [0.15, 0.2) is 59.1 Å². The number of anilines is 1. The molecule has 0 saturated carbocycles. The van der Waals surface area contributed by atoms with Gasteiger partial charge < -0.3 is 10.2 Å². The Kier molecular flexibility index (Phi) is 8.43. The molecule has 0 bridgehead atoms. The van der Waals surface area contributed by atoms with E-state index in [1.54, 1.807) is 31.2 Å². The molecule has 0 aliphatic heterocycles. The molecule has 0 aromatic heterocycles. The van der Waals surface area contributed by atoms with E-state index in [-0.39, 0.29) is 12.5 Å². The number of rotatable bonds is 9. The van der Waals surface area contributed by atoms with Gasteiger partial charge in [-0.05, 0) is 47.0 Å². The van der Waals surface area contributed by atoms with Crippen LogP contribution in [0.3, 0.4) is 0 Å². The van der Waals surface area contributed by atoms with Crippen LogP contribution in [0.5, 0.6) is 0 Å². The molecule has 1 unspecified atom stereocenters. The molecule has 0 heterocycles. The molecule has 0 radical (unpaired) electrons. The van der Waals surface area contributed by atoms with Crippen molar-refractivity contribution in [2.75, 3.05) is 30.7 Å². The fourth-order valence-electron chi connectivity index (χ4n) is 3.03. The van der Waals surface area contributed by atoms with Gasteiger partial charge in [0.05, 0.1) is 11.9 Å². The van der Waals surface area contributed by atoms with Gasteiger partial charge in [-0.3, -0.25) is 13.9 Å². The molecule has 0 saturated heterocycles. The van der Waals surface area contributed by atoms with Gasteiger partial charge in [-0.1, -0.05) is 42.5 Å². The quantitative estimate of drug-likeness (QED) is 0.578. The highest BCUT2D eigenvalue weighted by atomic mass is 79.9. The number of hydrogen-bond acceptors (Lipinski definition) is 4. The zero-order chi connectivity index (χ0) is 22.3. The van der Waals surface area contributed by atoms with E-state index < -0.39 is 28.5 Å². The standard InChI is InChI=1S/C21H26BrN3O4S/c1-16(21(27)23-2)24(14-13-17-9-5-4-6-10-17)20(26)15-25(30(3,28)29)19-12-8-7-11-18(19)22/h4-12,16H,13-15H2,1-3H3,(H,23,27). The predicted octanol–water partition coefficient (Wildman–Crippen LogP) is 2.42. The normalized spacial score (nSPS) is 12.1. The van der Waals surface area contributed by atoms with Crippen molar-refractivity contribution in [1.29, 1.82) is 0 Å². The first-order chi connectivity index (χ1) is 14.1. The molecule has 2 aromatic rings. The minimum absolute atomic E-state index is 0.283. The van der Waals surface area contributed by atoms with Crippen molar-refractivity contribution in [3.63, 3.8) is 0 Å². The van der Waals surface area contributed by atoms with Crippen LogP contribution in [0.2, 0.25) is 0 Å². The maximum Gasteiger partial charge on any atom is 0.244 e. The van der Waals surface area contributed by atoms with Crippen LogP contribution in [0.1, 0.15) is 12.5 Å². The number of carbonyl (C=O) groups is 2. The van der Waals surface area contributed by atoms with E-state index in [0.29, 0.717) is 16.6 Å². The summed E-state index contributed by atoms with van der Waals surface area (Å²) in [4.78, 5) is 26.8. The molecule has 2 amide bonds. The summed E-state index contributed by atoms with van der Waals surface area (Å²) >= 11 is 3.35. The number of likely N-dealkylation sites (N-methyl/N-ethyl adjacent to an activating group) is 1. The highest BCUT2D eigenvalue weighted by Gasteiger charge is 2.29. The van der Waals surface area contributed by atoms with Crippen molar-refractivity contribution in [1.82, 2.24) is 10.2 Å². The first-order valence-electron chi connectivity index (χ1n) is 9.42. The third kappa shape index (κ3) is 6.30. The monoisotopic (exact) mass is 495 g/mol. The average molecular weight is 496 g/mol. The van der Waals surface area contributed by atoms with E-state index in [9.17, 15) is 18.0 Å². The molecule has 0 spiro atoms. The number of carbonyl (C=O) groups excluding carboxylic acids is 2. The molecule has 162 valence electrons. The Bertz CT molecular complexity index is 983. The molecule has 1 N–H and O–H groups in total. The van der Waals surface area contributed by atoms with Crippen LogP contribution in [-0.4, -0.2) is 57.6 Å². The lowest BCUT2D eigenvalue weighted by Crippen LogP contribution is -2.51. The number of nitrogens with zero attached hydrogens (tertiary/aromatic N) is 2. The van der Waals surface area contributed by atoms with Gasteiger partial charge in [0.15, 0.2) is 0 Å². The number of hydrogen-bond donors (Lipinski definition) is 1. The molecule has 30 heavy (non-hydrogen) atoms. The van der Waals surface area contributed by atoms with E-state index in [1.807, 2.05) is 30.3 Å². The molecule has 0 fully saturated rings. The summed E-state index contributed by atoms with van der Waals surface area (Å²) in [5.41, 5.74) is 1.38. The zero-order valence-corrected chi connectivity index (χ0v) is 19.6. The number of nitrogens with one attached hydrogen (secondary N) is 1. The number of amides is 2. The average Bonchev–Trinajstić information content (AvgIpc) is 2.72. The van der Waals surface area contributed by atoms with Gasteiger partial charge in [0, 0.05) is 18.1 Å². The maximum atomic E-state index is 13.2. The fraction of sp³-hybridized carbons (Fsp3) is 0.333. The van der Waals surface area contributed by atoms with Gasteiger partial charge in [-0.25, -0.2) is 8.42 Å². The highest BCUT2D eigenvalue weighted by Crippen LogP contribution is 2.27. The van der Waals surface area contributed by atoms with Gasteiger partial charge >= 0.3 is 0 Å². The van der Waals surface area contributed by atoms with E-state index >= 15 is 0 Å². The van der Waals surface area contributed by atoms with Crippen LogP contribution in [0.4, 0.5) is 5.69 Å². The number of para-hydroxylation sites is 1. The number of sulfonamides is 1. The number of benzene rings is 2. The lowest BCUT2D eigenvalue weighted by molar-refractivity contribution is -0.138. The largest absolute Gasteiger partial charge is 0.357 e. The zero-order valence-electron chi connectivity index (χ0n) is 17.2. The van der Waals surface area contributed by atoms with Gasteiger partial charge in [-0.2, -0.15) is 0 Å². The molecule has 7 nitrogen and oxygen atoms in total. The summed E-state index contributed by atoms with van der Waals surface area (Å²) in [5.74, 6) is -0.772. The Morgan fingerprint density at radius 1 is 1.07 bits per heavy atom. The SMILES string of the molecule is CNC(=O)C(C)N(CCc1ccccc1)C(=O)CN(c1ccccc1Br)S(C)(=O)=O. The minimum Gasteiger partial charge on any atom is -0.357 e. The second-order valence-corrected chi connectivity index (χ2v) is 9.60.